The molecule has 1 aliphatic heterocycles. The summed E-state index contributed by atoms with van der Waals surface area (Å²) in [5.74, 6) is 0.0707. The first-order valence-corrected chi connectivity index (χ1v) is 8.69. The Morgan fingerprint density at radius 2 is 2.00 bits per heavy atom. The van der Waals surface area contributed by atoms with Gasteiger partial charge in [0.2, 0.25) is 11.8 Å². The van der Waals surface area contributed by atoms with Crippen molar-refractivity contribution in [3.05, 3.63) is 0 Å². The number of urea groups is 1. The Morgan fingerprint density at radius 3 is 2.65 bits per heavy atom. The summed E-state index contributed by atoms with van der Waals surface area (Å²) in [6, 6.07) is -0.629. The van der Waals surface area contributed by atoms with Crippen LogP contribution >= 0.6 is 0 Å². The second-order valence-electron chi connectivity index (χ2n) is 6.45. The molecule has 1 aliphatic carbocycles. The van der Waals surface area contributed by atoms with Crippen molar-refractivity contribution in [1.82, 2.24) is 20.9 Å². The second kappa shape index (κ2) is 8.74. The maximum atomic E-state index is 12.0. The lowest BCUT2D eigenvalue weighted by atomic mass is 10.2. The zero-order valence-electron chi connectivity index (χ0n) is 13.9. The maximum absolute atomic E-state index is 12.0. The van der Waals surface area contributed by atoms with Gasteiger partial charge < -0.3 is 20.9 Å². The Balaban J connectivity index is 1.56. The van der Waals surface area contributed by atoms with Gasteiger partial charge in [0.25, 0.3) is 0 Å². The average molecular weight is 324 g/mol. The van der Waals surface area contributed by atoms with E-state index in [9.17, 15) is 14.4 Å². The van der Waals surface area contributed by atoms with E-state index in [1.165, 1.54) is 0 Å². The first kappa shape index (κ1) is 17.6. The molecule has 2 rings (SSSR count). The third-order valence-corrected chi connectivity index (χ3v) is 4.50. The van der Waals surface area contributed by atoms with Gasteiger partial charge in [-0.2, -0.15) is 0 Å². The fourth-order valence-corrected chi connectivity index (χ4v) is 3.12. The van der Waals surface area contributed by atoms with Crippen LogP contribution in [0.4, 0.5) is 4.79 Å². The van der Waals surface area contributed by atoms with Gasteiger partial charge in [-0.1, -0.05) is 12.8 Å². The fourth-order valence-electron chi connectivity index (χ4n) is 3.12. The van der Waals surface area contributed by atoms with E-state index in [0.29, 0.717) is 19.5 Å². The first-order valence-electron chi connectivity index (χ1n) is 8.69. The van der Waals surface area contributed by atoms with Gasteiger partial charge in [-0.15, -0.1) is 0 Å². The van der Waals surface area contributed by atoms with Crippen molar-refractivity contribution >= 4 is 17.8 Å². The predicted molar refractivity (Wildman–Crippen MR) is 86.8 cm³/mol. The summed E-state index contributed by atoms with van der Waals surface area (Å²) in [7, 11) is 0. The number of hydrogen-bond acceptors (Lipinski definition) is 3. The van der Waals surface area contributed by atoms with Crippen LogP contribution < -0.4 is 16.0 Å². The van der Waals surface area contributed by atoms with Gasteiger partial charge in [-0.3, -0.25) is 9.59 Å². The number of carbonyl (C=O) groups excluding carboxylic acids is 3. The molecular weight excluding hydrogens is 296 g/mol. The highest BCUT2D eigenvalue weighted by Gasteiger charge is 2.22. The van der Waals surface area contributed by atoms with Gasteiger partial charge in [0.1, 0.15) is 6.04 Å². The normalized spacial score (nSPS) is 19.7. The molecule has 2 aliphatic rings. The number of hydrogen-bond donors (Lipinski definition) is 3. The summed E-state index contributed by atoms with van der Waals surface area (Å²) in [6.45, 7) is 3.68. The molecule has 0 spiro atoms. The molecule has 0 aromatic rings. The predicted octanol–water partition coefficient (Wildman–Crippen LogP) is 0.745. The molecule has 1 atom stereocenters. The van der Waals surface area contributed by atoms with Gasteiger partial charge in [0.05, 0.1) is 0 Å². The van der Waals surface area contributed by atoms with E-state index < -0.39 is 6.04 Å². The van der Waals surface area contributed by atoms with Gasteiger partial charge in [-0.25, -0.2) is 4.79 Å². The number of amides is 4. The molecule has 0 bridgehead atoms. The van der Waals surface area contributed by atoms with Crippen LogP contribution in [-0.4, -0.2) is 54.5 Å². The average Bonchev–Trinajstić information content (AvgIpc) is 3.15. The van der Waals surface area contributed by atoms with Crippen LogP contribution in [0.1, 0.15) is 51.9 Å². The smallest absolute Gasteiger partial charge is 0.315 e. The van der Waals surface area contributed by atoms with E-state index in [2.05, 4.69) is 16.0 Å². The van der Waals surface area contributed by atoms with E-state index in [1.54, 1.807) is 6.92 Å². The van der Waals surface area contributed by atoms with Crippen LogP contribution in [0.5, 0.6) is 0 Å². The van der Waals surface area contributed by atoms with Crippen molar-refractivity contribution in [1.29, 1.82) is 0 Å². The number of likely N-dealkylation sites (tertiary alicyclic amines) is 1. The number of rotatable bonds is 7. The van der Waals surface area contributed by atoms with Crippen molar-refractivity contribution in [2.24, 2.45) is 0 Å². The Labute approximate surface area is 137 Å². The molecule has 0 aromatic carbocycles. The molecule has 0 aromatic heterocycles. The van der Waals surface area contributed by atoms with E-state index in [1.807, 2.05) is 4.90 Å². The highest BCUT2D eigenvalue weighted by Crippen LogP contribution is 2.17. The standard InChI is InChI=1S/C16H28N4O3/c1-12(15(22)19-13-6-2-3-7-13)18-16(23)17-9-5-11-20-10-4-8-14(20)21/h12-13H,2-11H2,1H3,(H,19,22)(H2,17,18,23). The van der Waals surface area contributed by atoms with E-state index in [-0.39, 0.29) is 23.9 Å². The highest BCUT2D eigenvalue weighted by atomic mass is 16.2. The van der Waals surface area contributed by atoms with Crippen molar-refractivity contribution < 1.29 is 14.4 Å². The first-order chi connectivity index (χ1) is 11.1. The van der Waals surface area contributed by atoms with Crippen LogP contribution in [0.2, 0.25) is 0 Å². The summed E-state index contributed by atoms with van der Waals surface area (Å²) < 4.78 is 0. The van der Waals surface area contributed by atoms with Crippen LogP contribution in [0.3, 0.4) is 0 Å². The van der Waals surface area contributed by atoms with Gasteiger partial charge in [0, 0.05) is 32.1 Å². The molecule has 7 heteroatoms. The Kier molecular flexibility index (Phi) is 6.67. The number of carbonyl (C=O) groups is 3. The lowest BCUT2D eigenvalue weighted by Crippen LogP contribution is -2.50. The summed E-state index contributed by atoms with van der Waals surface area (Å²) in [5.41, 5.74) is 0. The zero-order valence-corrected chi connectivity index (χ0v) is 13.9. The molecule has 4 amide bonds. The minimum atomic E-state index is -0.546. The topological polar surface area (TPSA) is 90.5 Å². The molecule has 1 unspecified atom stereocenters. The number of nitrogens with zero attached hydrogens (tertiary/aromatic N) is 1. The van der Waals surface area contributed by atoms with E-state index >= 15 is 0 Å². The third-order valence-electron chi connectivity index (χ3n) is 4.50. The molecule has 2 fully saturated rings. The largest absolute Gasteiger partial charge is 0.352 e. The highest BCUT2D eigenvalue weighted by molar-refractivity contribution is 5.86. The molecular formula is C16H28N4O3. The van der Waals surface area contributed by atoms with Crippen LogP contribution in [0, 0.1) is 0 Å². The Bertz CT molecular complexity index is 435. The van der Waals surface area contributed by atoms with Crippen molar-refractivity contribution in [3.63, 3.8) is 0 Å². The molecule has 130 valence electrons. The second-order valence-corrected chi connectivity index (χ2v) is 6.45. The molecule has 7 nitrogen and oxygen atoms in total. The SMILES string of the molecule is CC(NC(=O)NCCCN1CCCC1=O)C(=O)NC1CCCC1. The van der Waals surface area contributed by atoms with Gasteiger partial charge in [-0.05, 0) is 32.6 Å². The summed E-state index contributed by atoms with van der Waals surface area (Å²) >= 11 is 0. The van der Waals surface area contributed by atoms with Crippen LogP contribution in [0.25, 0.3) is 0 Å². The molecule has 0 radical (unpaired) electrons. The van der Waals surface area contributed by atoms with Crippen LogP contribution in [0.15, 0.2) is 0 Å². The van der Waals surface area contributed by atoms with Gasteiger partial charge in [0.15, 0.2) is 0 Å². The van der Waals surface area contributed by atoms with Crippen molar-refractivity contribution in [2.45, 2.75) is 64.0 Å². The molecule has 3 N–H and O–H groups in total. The van der Waals surface area contributed by atoms with E-state index in [0.717, 1.165) is 45.1 Å². The van der Waals surface area contributed by atoms with Crippen LogP contribution in [-0.2, 0) is 9.59 Å². The molecule has 1 saturated heterocycles. The lowest BCUT2D eigenvalue weighted by molar-refractivity contribution is -0.127. The minimum absolute atomic E-state index is 0.130. The van der Waals surface area contributed by atoms with Crippen molar-refractivity contribution in [2.75, 3.05) is 19.6 Å². The van der Waals surface area contributed by atoms with Gasteiger partial charge >= 0.3 is 6.03 Å². The molecule has 1 heterocycles. The Morgan fingerprint density at radius 1 is 1.26 bits per heavy atom. The van der Waals surface area contributed by atoms with Crippen molar-refractivity contribution in [3.8, 4) is 0 Å². The lowest BCUT2D eigenvalue weighted by Gasteiger charge is -2.18. The maximum Gasteiger partial charge on any atom is 0.315 e. The minimum Gasteiger partial charge on any atom is -0.352 e. The number of nitrogens with one attached hydrogen (secondary N) is 3. The monoisotopic (exact) mass is 324 g/mol. The summed E-state index contributed by atoms with van der Waals surface area (Å²) in [6.07, 6.45) is 6.67. The molecule has 1 saturated carbocycles. The third kappa shape index (κ3) is 5.73. The quantitative estimate of drug-likeness (QED) is 0.604. The van der Waals surface area contributed by atoms with E-state index in [4.69, 9.17) is 0 Å². The Hall–Kier alpha value is -1.79. The summed E-state index contributed by atoms with van der Waals surface area (Å²) in [4.78, 5) is 37.0. The zero-order chi connectivity index (χ0) is 16.7. The fraction of sp³-hybridized carbons (Fsp3) is 0.812. The molecule has 23 heavy (non-hydrogen) atoms. The summed E-state index contributed by atoms with van der Waals surface area (Å²) in [5, 5.41) is 8.35.